The van der Waals surface area contributed by atoms with E-state index in [-0.39, 0.29) is 11.9 Å². The summed E-state index contributed by atoms with van der Waals surface area (Å²) in [6.07, 6.45) is 0.663. The molecule has 1 aromatic heterocycles. The van der Waals surface area contributed by atoms with Gasteiger partial charge in [-0.25, -0.2) is 18.8 Å². The minimum atomic E-state index is -0.443. The second-order valence-electron chi connectivity index (χ2n) is 7.63. The van der Waals surface area contributed by atoms with Crippen molar-refractivity contribution in [3.05, 3.63) is 123 Å². The average molecular weight is 428 g/mol. The molecule has 1 N–H and O–H groups in total. The number of nitrogens with one attached hydrogen (secondary N) is 1. The first-order chi connectivity index (χ1) is 15.5. The lowest BCUT2D eigenvalue weighted by atomic mass is 9.98. The number of carbonyl (C=O) groups is 1. The number of hydrogen-bond donors (Lipinski definition) is 1. The van der Waals surface area contributed by atoms with Crippen LogP contribution in [0.4, 0.5) is 0 Å². The van der Waals surface area contributed by atoms with Crippen molar-refractivity contribution < 1.29 is 4.79 Å². The highest BCUT2D eigenvalue weighted by molar-refractivity contribution is 5.94. The molecule has 7 nitrogen and oxygen atoms in total. The van der Waals surface area contributed by atoms with Crippen molar-refractivity contribution in [2.24, 2.45) is 14.1 Å². The van der Waals surface area contributed by atoms with Gasteiger partial charge in [-0.15, -0.1) is 0 Å². The molecule has 0 fully saturated rings. The molecule has 0 aliphatic rings. The van der Waals surface area contributed by atoms with Gasteiger partial charge >= 0.3 is 11.4 Å². The quantitative estimate of drug-likeness (QED) is 0.513. The molecule has 0 bridgehead atoms. The Morgan fingerprint density at radius 3 is 1.97 bits per heavy atom. The first-order valence-electron chi connectivity index (χ1n) is 10.3. The van der Waals surface area contributed by atoms with E-state index in [1.165, 1.54) is 23.5 Å². The minimum Gasteiger partial charge on any atom is -0.345 e. The van der Waals surface area contributed by atoms with Crippen LogP contribution in [0.15, 0.2) is 94.5 Å². The van der Waals surface area contributed by atoms with E-state index >= 15 is 0 Å². The van der Waals surface area contributed by atoms with Crippen molar-refractivity contribution in [2.75, 3.05) is 0 Å². The Morgan fingerprint density at radius 2 is 1.41 bits per heavy atom. The van der Waals surface area contributed by atoms with Gasteiger partial charge in [-0.05, 0) is 41.8 Å². The number of benzene rings is 3. The fourth-order valence-corrected chi connectivity index (χ4v) is 3.72. The molecule has 0 saturated heterocycles. The summed E-state index contributed by atoms with van der Waals surface area (Å²) in [4.78, 5) is 37.4. The van der Waals surface area contributed by atoms with E-state index in [0.29, 0.717) is 17.7 Å². The maximum atomic E-state index is 13.0. The van der Waals surface area contributed by atoms with Gasteiger partial charge in [0.1, 0.15) is 0 Å². The molecule has 4 aromatic rings. The lowest BCUT2D eigenvalue weighted by molar-refractivity contribution is 0.0936. The number of nitrogens with zero attached hydrogens (tertiary/aromatic N) is 3. The molecule has 3 aromatic carbocycles. The van der Waals surface area contributed by atoms with Crippen LogP contribution in [-0.2, 0) is 20.5 Å². The third kappa shape index (κ3) is 4.18. The Bertz CT molecular complexity index is 1330. The molecule has 32 heavy (non-hydrogen) atoms. The smallest absolute Gasteiger partial charge is 0.345 e. The van der Waals surface area contributed by atoms with Crippen molar-refractivity contribution in [2.45, 2.75) is 12.5 Å². The first kappa shape index (κ1) is 21.1. The first-order valence-corrected chi connectivity index (χ1v) is 10.3. The van der Waals surface area contributed by atoms with Gasteiger partial charge in [0, 0.05) is 19.7 Å². The Kier molecular flexibility index (Phi) is 5.89. The Labute approximate surface area is 185 Å². The van der Waals surface area contributed by atoms with Crippen LogP contribution in [0.1, 0.15) is 27.5 Å². The van der Waals surface area contributed by atoms with Crippen LogP contribution in [0.3, 0.4) is 0 Å². The summed E-state index contributed by atoms with van der Waals surface area (Å²) in [7, 11) is 2.96. The second kappa shape index (κ2) is 8.93. The second-order valence-corrected chi connectivity index (χ2v) is 7.63. The van der Waals surface area contributed by atoms with Crippen molar-refractivity contribution in [1.82, 2.24) is 19.2 Å². The molecule has 0 radical (unpaired) electrons. The summed E-state index contributed by atoms with van der Waals surface area (Å²) in [5.74, 6) is -0.212. The third-order valence-corrected chi connectivity index (χ3v) is 5.50. The van der Waals surface area contributed by atoms with E-state index in [9.17, 15) is 14.4 Å². The predicted molar refractivity (Wildman–Crippen MR) is 123 cm³/mol. The van der Waals surface area contributed by atoms with Crippen LogP contribution >= 0.6 is 0 Å². The number of rotatable bonds is 6. The van der Waals surface area contributed by atoms with Gasteiger partial charge in [0.15, 0.2) is 0 Å². The van der Waals surface area contributed by atoms with Crippen molar-refractivity contribution >= 4 is 5.91 Å². The number of carbonyl (C=O) groups excluding carboxylic acids is 1. The summed E-state index contributed by atoms with van der Waals surface area (Å²) in [6.45, 7) is 0. The molecule has 0 saturated carbocycles. The number of aromatic nitrogens is 3. The van der Waals surface area contributed by atoms with E-state index in [4.69, 9.17) is 0 Å². The SMILES string of the molecule is Cn1c(=O)n(C)n(-c2ccc(C(=O)N[C@H](Cc3ccccc3)c3ccccc3)cc2)c1=O. The lowest BCUT2D eigenvalue weighted by Crippen LogP contribution is -2.30. The van der Waals surface area contributed by atoms with Crippen molar-refractivity contribution in [3.8, 4) is 5.69 Å². The Hall–Kier alpha value is -4.13. The van der Waals surface area contributed by atoms with Crippen LogP contribution in [0, 0.1) is 0 Å². The van der Waals surface area contributed by atoms with E-state index in [0.717, 1.165) is 15.7 Å². The number of amides is 1. The summed E-state index contributed by atoms with van der Waals surface area (Å²) in [5.41, 5.74) is 2.27. The monoisotopic (exact) mass is 428 g/mol. The molecule has 1 amide bonds. The summed E-state index contributed by atoms with van der Waals surface area (Å²) < 4.78 is 3.55. The zero-order valence-corrected chi connectivity index (χ0v) is 17.9. The van der Waals surface area contributed by atoms with E-state index in [2.05, 4.69) is 5.32 Å². The van der Waals surface area contributed by atoms with Gasteiger partial charge < -0.3 is 5.32 Å². The molecule has 1 atom stereocenters. The maximum absolute atomic E-state index is 13.0. The molecule has 0 unspecified atom stereocenters. The highest BCUT2D eigenvalue weighted by Crippen LogP contribution is 2.19. The fourth-order valence-electron chi connectivity index (χ4n) is 3.72. The lowest BCUT2D eigenvalue weighted by Gasteiger charge is -2.20. The molecule has 7 heteroatoms. The van der Waals surface area contributed by atoms with Crippen LogP contribution < -0.4 is 16.7 Å². The van der Waals surface area contributed by atoms with Crippen LogP contribution in [0.25, 0.3) is 5.69 Å². The number of hydrogen-bond acceptors (Lipinski definition) is 3. The summed E-state index contributed by atoms with van der Waals surface area (Å²) in [5, 5.41) is 3.13. The van der Waals surface area contributed by atoms with Crippen LogP contribution in [0.5, 0.6) is 0 Å². The summed E-state index contributed by atoms with van der Waals surface area (Å²) in [6, 6.07) is 26.3. The minimum absolute atomic E-state index is 0.191. The molecule has 162 valence electrons. The van der Waals surface area contributed by atoms with Gasteiger partial charge in [0.05, 0.1) is 11.7 Å². The van der Waals surface area contributed by atoms with Crippen LogP contribution in [0.2, 0.25) is 0 Å². The van der Waals surface area contributed by atoms with E-state index in [1.54, 1.807) is 24.3 Å². The van der Waals surface area contributed by atoms with Crippen molar-refractivity contribution in [1.29, 1.82) is 0 Å². The van der Waals surface area contributed by atoms with Crippen molar-refractivity contribution in [3.63, 3.8) is 0 Å². The molecule has 1 heterocycles. The average Bonchev–Trinajstić information content (AvgIpc) is 3.02. The predicted octanol–water partition coefficient (Wildman–Crippen LogP) is 2.59. The van der Waals surface area contributed by atoms with Gasteiger partial charge in [-0.3, -0.25) is 4.79 Å². The summed E-state index contributed by atoms with van der Waals surface area (Å²) >= 11 is 0. The molecule has 0 spiro atoms. The van der Waals surface area contributed by atoms with Gasteiger partial charge in [-0.1, -0.05) is 60.7 Å². The zero-order valence-electron chi connectivity index (χ0n) is 17.9. The third-order valence-electron chi connectivity index (χ3n) is 5.50. The van der Waals surface area contributed by atoms with Gasteiger partial charge in [0.2, 0.25) is 0 Å². The standard InChI is InChI=1S/C25H24N4O3/c1-27-24(31)28(2)29(25(27)32)21-15-13-20(14-16-21)23(30)26-22(19-11-7-4-8-12-19)17-18-9-5-3-6-10-18/h3-16,22H,17H2,1-2H3,(H,26,30)/t22-/m1/s1. The molecular formula is C25H24N4O3. The fraction of sp³-hybridized carbons (Fsp3) is 0.160. The Balaban J connectivity index is 1.58. The molecular weight excluding hydrogens is 404 g/mol. The largest absolute Gasteiger partial charge is 0.351 e. The van der Waals surface area contributed by atoms with E-state index in [1.807, 2.05) is 60.7 Å². The Morgan fingerprint density at radius 1 is 0.812 bits per heavy atom. The zero-order chi connectivity index (χ0) is 22.7. The topological polar surface area (TPSA) is 78.0 Å². The normalized spacial score (nSPS) is 11.8. The molecule has 0 aliphatic carbocycles. The highest BCUT2D eigenvalue weighted by Gasteiger charge is 2.17. The maximum Gasteiger partial charge on any atom is 0.351 e. The van der Waals surface area contributed by atoms with Gasteiger partial charge in [-0.2, -0.15) is 4.68 Å². The van der Waals surface area contributed by atoms with Gasteiger partial charge in [0.25, 0.3) is 5.91 Å². The highest BCUT2D eigenvalue weighted by atomic mass is 16.2. The molecule has 0 aliphatic heterocycles. The van der Waals surface area contributed by atoms with E-state index < -0.39 is 11.4 Å². The van der Waals surface area contributed by atoms with Crippen LogP contribution in [-0.4, -0.2) is 19.8 Å². The molecule has 4 rings (SSSR count).